The normalized spacial score (nSPS) is 13.0. The Morgan fingerprint density at radius 1 is 1.29 bits per heavy atom. The van der Waals surface area contributed by atoms with Crippen LogP contribution >= 0.6 is 11.6 Å². The summed E-state index contributed by atoms with van der Waals surface area (Å²) in [6, 6.07) is 1.12. The van der Waals surface area contributed by atoms with E-state index in [9.17, 15) is 26.4 Å². The van der Waals surface area contributed by atoms with Crippen LogP contribution < -0.4 is 4.18 Å². The second kappa shape index (κ2) is 6.55. The van der Waals surface area contributed by atoms with Crippen LogP contribution in [0.3, 0.4) is 0 Å². The van der Waals surface area contributed by atoms with Crippen LogP contribution in [-0.2, 0) is 15.5 Å². The molecule has 1 aromatic carbocycles. The van der Waals surface area contributed by atoms with Gasteiger partial charge in [-0.05, 0) is 37.3 Å². The first kappa shape index (κ1) is 20.8. The van der Waals surface area contributed by atoms with Crippen LogP contribution in [-0.4, -0.2) is 19.7 Å². The van der Waals surface area contributed by atoms with E-state index in [1.807, 2.05) is 0 Å². The standard InChI is InChI=1S/C15H18ClF3O4S/c1-6-14(4,5)12-8(2)11(16)7-10(9(3)20)13(12)23-24(21,22)15(17,18)19/h7H,6H2,1-5H3. The third-order valence-electron chi connectivity index (χ3n) is 3.89. The molecule has 24 heavy (non-hydrogen) atoms. The van der Waals surface area contributed by atoms with Gasteiger partial charge in [-0.15, -0.1) is 0 Å². The van der Waals surface area contributed by atoms with Crippen molar-refractivity contribution >= 4 is 27.5 Å². The molecule has 0 atom stereocenters. The minimum absolute atomic E-state index is 0.147. The molecule has 0 saturated carbocycles. The molecule has 0 unspecified atom stereocenters. The topological polar surface area (TPSA) is 60.4 Å². The van der Waals surface area contributed by atoms with Crippen LogP contribution in [0, 0.1) is 6.92 Å². The predicted molar refractivity (Wildman–Crippen MR) is 85.1 cm³/mol. The predicted octanol–water partition coefficient (Wildman–Crippen LogP) is 4.77. The number of carbonyl (C=O) groups excluding carboxylic acids is 1. The average molecular weight is 387 g/mol. The summed E-state index contributed by atoms with van der Waals surface area (Å²) in [6.45, 7) is 7.80. The number of ketones is 1. The van der Waals surface area contributed by atoms with Crippen LogP contribution in [0.15, 0.2) is 6.07 Å². The number of carbonyl (C=O) groups is 1. The number of hydrogen-bond acceptors (Lipinski definition) is 4. The highest BCUT2D eigenvalue weighted by Crippen LogP contribution is 2.43. The third-order valence-corrected chi connectivity index (χ3v) is 5.24. The Balaban J connectivity index is 3.86. The van der Waals surface area contributed by atoms with E-state index in [1.54, 1.807) is 20.8 Å². The fourth-order valence-corrected chi connectivity index (χ4v) is 2.91. The van der Waals surface area contributed by atoms with Gasteiger partial charge >= 0.3 is 15.6 Å². The maximum atomic E-state index is 12.7. The Kier molecular flexibility index (Phi) is 5.67. The summed E-state index contributed by atoms with van der Waals surface area (Å²) in [6.07, 6.45) is 0.452. The molecule has 0 aliphatic carbocycles. The summed E-state index contributed by atoms with van der Waals surface area (Å²) in [7, 11) is -5.92. The van der Waals surface area contributed by atoms with E-state index in [0.717, 1.165) is 13.0 Å². The van der Waals surface area contributed by atoms with Crippen molar-refractivity contribution in [2.45, 2.75) is 52.0 Å². The largest absolute Gasteiger partial charge is 0.534 e. The Morgan fingerprint density at radius 3 is 2.17 bits per heavy atom. The van der Waals surface area contributed by atoms with E-state index < -0.39 is 32.6 Å². The van der Waals surface area contributed by atoms with E-state index in [4.69, 9.17) is 11.6 Å². The lowest BCUT2D eigenvalue weighted by Crippen LogP contribution is -2.30. The van der Waals surface area contributed by atoms with E-state index in [1.165, 1.54) is 6.92 Å². The molecule has 0 aromatic heterocycles. The third kappa shape index (κ3) is 3.85. The van der Waals surface area contributed by atoms with Gasteiger partial charge in [0.25, 0.3) is 0 Å². The maximum Gasteiger partial charge on any atom is 0.534 e. The van der Waals surface area contributed by atoms with Crippen molar-refractivity contribution in [1.82, 2.24) is 0 Å². The van der Waals surface area contributed by atoms with E-state index in [2.05, 4.69) is 4.18 Å². The zero-order valence-electron chi connectivity index (χ0n) is 13.8. The van der Waals surface area contributed by atoms with E-state index in [0.29, 0.717) is 12.0 Å². The van der Waals surface area contributed by atoms with Crippen molar-refractivity contribution < 1.29 is 30.6 Å². The highest BCUT2D eigenvalue weighted by molar-refractivity contribution is 7.88. The molecule has 1 aromatic rings. The first-order valence-corrected chi connectivity index (χ1v) is 8.79. The molecule has 0 fully saturated rings. The second-order valence-electron chi connectivity index (χ2n) is 6.01. The zero-order valence-corrected chi connectivity index (χ0v) is 15.4. The molecule has 0 heterocycles. The fraction of sp³-hybridized carbons (Fsp3) is 0.533. The van der Waals surface area contributed by atoms with Crippen LogP contribution in [0.25, 0.3) is 0 Å². The van der Waals surface area contributed by atoms with Gasteiger partial charge < -0.3 is 4.18 Å². The number of Topliss-reactive ketones (excluding diaryl/α,β-unsaturated/α-hetero) is 1. The highest BCUT2D eigenvalue weighted by Gasteiger charge is 2.49. The molecule has 0 N–H and O–H groups in total. The van der Waals surface area contributed by atoms with Crippen LogP contribution in [0.5, 0.6) is 5.75 Å². The molecule has 0 aliphatic rings. The minimum Gasteiger partial charge on any atom is -0.375 e. The highest BCUT2D eigenvalue weighted by atomic mass is 35.5. The van der Waals surface area contributed by atoms with Gasteiger partial charge in [0.1, 0.15) is 0 Å². The Bertz CT molecular complexity index is 768. The van der Waals surface area contributed by atoms with Gasteiger partial charge in [-0.1, -0.05) is 32.4 Å². The molecule has 0 spiro atoms. The van der Waals surface area contributed by atoms with Gasteiger partial charge in [0.15, 0.2) is 11.5 Å². The fourth-order valence-electron chi connectivity index (χ4n) is 2.22. The summed E-state index contributed by atoms with van der Waals surface area (Å²) in [5.41, 5.74) is -6.16. The van der Waals surface area contributed by atoms with Gasteiger partial charge in [-0.3, -0.25) is 4.79 Å². The lowest BCUT2D eigenvalue weighted by atomic mass is 9.78. The van der Waals surface area contributed by atoms with Crippen molar-refractivity contribution in [2.24, 2.45) is 0 Å². The smallest absolute Gasteiger partial charge is 0.375 e. The number of benzene rings is 1. The second-order valence-corrected chi connectivity index (χ2v) is 7.96. The van der Waals surface area contributed by atoms with Crippen LogP contribution in [0.4, 0.5) is 13.2 Å². The summed E-state index contributed by atoms with van der Waals surface area (Å²) >= 11 is 6.08. The van der Waals surface area contributed by atoms with Gasteiger partial charge in [-0.25, -0.2) is 0 Å². The Morgan fingerprint density at radius 2 is 1.79 bits per heavy atom. The van der Waals surface area contributed by atoms with Crippen molar-refractivity contribution in [2.75, 3.05) is 0 Å². The number of rotatable bonds is 5. The Hall–Kier alpha value is -1.28. The van der Waals surface area contributed by atoms with E-state index in [-0.39, 0.29) is 16.1 Å². The number of alkyl halides is 3. The summed E-state index contributed by atoms with van der Waals surface area (Å²) in [4.78, 5) is 11.8. The molecule has 0 bridgehead atoms. The summed E-state index contributed by atoms with van der Waals surface area (Å²) < 4.78 is 65.5. The monoisotopic (exact) mass is 386 g/mol. The van der Waals surface area contributed by atoms with Gasteiger partial charge in [-0.2, -0.15) is 21.6 Å². The number of hydrogen-bond donors (Lipinski definition) is 0. The van der Waals surface area contributed by atoms with Gasteiger partial charge in [0, 0.05) is 10.6 Å². The molecule has 9 heteroatoms. The minimum atomic E-state index is -5.92. The summed E-state index contributed by atoms with van der Waals surface area (Å²) in [5, 5.41) is 0.147. The van der Waals surface area contributed by atoms with Crippen molar-refractivity contribution in [3.63, 3.8) is 0 Å². The molecular weight excluding hydrogens is 369 g/mol. The van der Waals surface area contributed by atoms with Crippen molar-refractivity contribution in [3.05, 3.63) is 27.8 Å². The van der Waals surface area contributed by atoms with E-state index >= 15 is 0 Å². The Labute approximate surface area is 144 Å². The molecule has 0 amide bonds. The van der Waals surface area contributed by atoms with Gasteiger partial charge in [0.05, 0.1) is 5.56 Å². The zero-order chi connectivity index (χ0) is 19.1. The lowest BCUT2D eigenvalue weighted by Gasteiger charge is -2.29. The van der Waals surface area contributed by atoms with Crippen LogP contribution in [0.1, 0.15) is 55.6 Å². The van der Waals surface area contributed by atoms with Gasteiger partial charge in [0.2, 0.25) is 0 Å². The molecular formula is C15H18ClF3O4S. The molecule has 4 nitrogen and oxygen atoms in total. The van der Waals surface area contributed by atoms with Crippen LogP contribution in [0.2, 0.25) is 5.02 Å². The van der Waals surface area contributed by atoms with Crippen molar-refractivity contribution in [1.29, 1.82) is 0 Å². The van der Waals surface area contributed by atoms with Crippen molar-refractivity contribution in [3.8, 4) is 5.75 Å². The molecule has 136 valence electrons. The molecule has 0 radical (unpaired) electrons. The molecule has 0 aliphatic heterocycles. The first-order valence-electron chi connectivity index (χ1n) is 7.01. The number of halogens is 4. The SMILES string of the molecule is CCC(C)(C)c1c(C)c(Cl)cc(C(C)=O)c1OS(=O)(=O)C(F)(F)F. The average Bonchev–Trinajstić information content (AvgIpc) is 2.40. The lowest BCUT2D eigenvalue weighted by molar-refractivity contribution is -0.0500. The molecule has 0 saturated heterocycles. The summed E-state index contributed by atoms with van der Waals surface area (Å²) in [5.74, 6) is -1.27. The quantitative estimate of drug-likeness (QED) is 0.415. The molecule has 1 rings (SSSR count). The first-order chi connectivity index (χ1) is 10.7. The maximum absolute atomic E-state index is 12.7.